The summed E-state index contributed by atoms with van der Waals surface area (Å²) in [6.07, 6.45) is 2.67. The van der Waals surface area contributed by atoms with Gasteiger partial charge in [-0.15, -0.1) is 0 Å². The van der Waals surface area contributed by atoms with Crippen molar-refractivity contribution in [3.63, 3.8) is 0 Å². The molecule has 1 N–H and O–H groups in total. The average Bonchev–Trinajstić information content (AvgIpc) is 2.76. The maximum Gasteiger partial charge on any atom is 0.329 e. The van der Waals surface area contributed by atoms with Crippen LogP contribution in [0.5, 0.6) is 11.5 Å². The quantitative estimate of drug-likeness (QED) is 0.477. The van der Waals surface area contributed by atoms with Crippen molar-refractivity contribution in [3.05, 3.63) is 53.6 Å². The summed E-state index contributed by atoms with van der Waals surface area (Å²) >= 11 is 0. The SMILES string of the molecule is CCOC(=O)C(Nc1cccc(OC)c1)C1CCCc2cc(OC(=O)C(C)(C)C)ccc21. The third kappa shape index (κ3) is 5.61. The van der Waals surface area contributed by atoms with Crippen LogP contribution in [-0.4, -0.2) is 31.7 Å². The Kier molecular flexibility index (Phi) is 7.44. The first-order valence-corrected chi connectivity index (χ1v) is 11.1. The molecule has 0 radical (unpaired) electrons. The van der Waals surface area contributed by atoms with E-state index in [4.69, 9.17) is 14.2 Å². The van der Waals surface area contributed by atoms with E-state index < -0.39 is 11.5 Å². The second kappa shape index (κ2) is 10.1. The molecule has 0 spiro atoms. The largest absolute Gasteiger partial charge is 0.497 e. The molecule has 0 aromatic heterocycles. The Hall–Kier alpha value is -3.02. The molecular formula is C26H33NO5. The van der Waals surface area contributed by atoms with Crippen molar-refractivity contribution < 1.29 is 23.8 Å². The van der Waals surface area contributed by atoms with Crippen LogP contribution >= 0.6 is 0 Å². The van der Waals surface area contributed by atoms with Gasteiger partial charge in [0.05, 0.1) is 19.1 Å². The number of aryl methyl sites for hydroxylation is 1. The number of nitrogens with one attached hydrogen (secondary N) is 1. The lowest BCUT2D eigenvalue weighted by atomic mass is 9.78. The highest BCUT2D eigenvalue weighted by Gasteiger charge is 2.34. The highest BCUT2D eigenvalue weighted by Crippen LogP contribution is 2.38. The third-order valence-corrected chi connectivity index (χ3v) is 5.63. The monoisotopic (exact) mass is 439 g/mol. The van der Waals surface area contributed by atoms with Crippen molar-refractivity contribution in [3.8, 4) is 11.5 Å². The molecule has 3 rings (SSSR count). The van der Waals surface area contributed by atoms with Gasteiger partial charge in [0.1, 0.15) is 17.5 Å². The minimum atomic E-state index is -0.575. The predicted octanol–water partition coefficient (Wildman–Crippen LogP) is 5.11. The summed E-state index contributed by atoms with van der Waals surface area (Å²) in [5, 5.41) is 3.38. The summed E-state index contributed by atoms with van der Waals surface area (Å²) in [6, 6.07) is 12.7. The van der Waals surface area contributed by atoms with Crippen LogP contribution < -0.4 is 14.8 Å². The van der Waals surface area contributed by atoms with Gasteiger partial charge >= 0.3 is 11.9 Å². The van der Waals surface area contributed by atoms with Gasteiger partial charge in [0.15, 0.2) is 0 Å². The number of benzene rings is 2. The van der Waals surface area contributed by atoms with E-state index in [0.717, 1.165) is 36.1 Å². The second-order valence-corrected chi connectivity index (χ2v) is 9.10. The molecule has 0 aliphatic heterocycles. The summed E-state index contributed by atoms with van der Waals surface area (Å²) in [7, 11) is 1.61. The van der Waals surface area contributed by atoms with Gasteiger partial charge in [0, 0.05) is 17.7 Å². The first-order chi connectivity index (χ1) is 15.2. The topological polar surface area (TPSA) is 73.9 Å². The fraction of sp³-hybridized carbons (Fsp3) is 0.462. The number of fused-ring (bicyclic) bond motifs is 1. The van der Waals surface area contributed by atoms with Crippen molar-refractivity contribution in [2.45, 2.75) is 58.9 Å². The molecule has 6 heteroatoms. The van der Waals surface area contributed by atoms with Crippen LogP contribution in [0.1, 0.15) is 57.6 Å². The molecule has 0 saturated heterocycles. The van der Waals surface area contributed by atoms with E-state index in [0.29, 0.717) is 18.1 Å². The van der Waals surface area contributed by atoms with Crippen LogP contribution in [-0.2, 0) is 20.7 Å². The fourth-order valence-electron chi connectivity index (χ4n) is 3.95. The first kappa shape index (κ1) is 23.6. The van der Waals surface area contributed by atoms with E-state index in [1.807, 2.05) is 70.2 Å². The van der Waals surface area contributed by atoms with Crippen LogP contribution in [0, 0.1) is 5.41 Å². The Labute approximate surface area is 190 Å². The van der Waals surface area contributed by atoms with Crippen molar-refractivity contribution in [2.75, 3.05) is 19.0 Å². The molecule has 6 nitrogen and oxygen atoms in total. The molecular weight excluding hydrogens is 406 g/mol. The summed E-state index contributed by atoms with van der Waals surface area (Å²) < 4.78 is 16.3. The lowest BCUT2D eigenvalue weighted by Crippen LogP contribution is -2.38. The van der Waals surface area contributed by atoms with E-state index >= 15 is 0 Å². The Morgan fingerprint density at radius 3 is 2.59 bits per heavy atom. The van der Waals surface area contributed by atoms with E-state index in [1.54, 1.807) is 7.11 Å². The minimum Gasteiger partial charge on any atom is -0.497 e. The molecule has 0 saturated carbocycles. The number of carbonyl (C=O) groups is 2. The number of carbonyl (C=O) groups excluding carboxylic acids is 2. The van der Waals surface area contributed by atoms with E-state index in [9.17, 15) is 9.59 Å². The van der Waals surface area contributed by atoms with Crippen molar-refractivity contribution in [2.24, 2.45) is 5.41 Å². The van der Waals surface area contributed by atoms with Crippen molar-refractivity contribution in [1.82, 2.24) is 0 Å². The first-order valence-electron chi connectivity index (χ1n) is 11.1. The summed E-state index contributed by atoms with van der Waals surface area (Å²) in [6.45, 7) is 7.62. The van der Waals surface area contributed by atoms with Crippen LogP contribution in [0.4, 0.5) is 5.69 Å². The van der Waals surface area contributed by atoms with Gasteiger partial charge in [-0.25, -0.2) is 4.79 Å². The summed E-state index contributed by atoms with van der Waals surface area (Å²) in [4.78, 5) is 25.2. The highest BCUT2D eigenvalue weighted by molar-refractivity contribution is 5.81. The number of anilines is 1. The van der Waals surface area contributed by atoms with Gasteiger partial charge in [-0.1, -0.05) is 12.1 Å². The zero-order chi connectivity index (χ0) is 23.3. The van der Waals surface area contributed by atoms with Crippen LogP contribution in [0.3, 0.4) is 0 Å². The number of hydrogen-bond donors (Lipinski definition) is 1. The number of ether oxygens (including phenoxy) is 3. The van der Waals surface area contributed by atoms with E-state index in [1.165, 1.54) is 0 Å². The lowest BCUT2D eigenvalue weighted by Gasteiger charge is -2.32. The third-order valence-electron chi connectivity index (χ3n) is 5.63. The molecule has 2 atom stereocenters. The molecule has 0 bridgehead atoms. The molecule has 2 aromatic carbocycles. The molecule has 1 aliphatic rings. The molecule has 2 unspecified atom stereocenters. The molecule has 32 heavy (non-hydrogen) atoms. The average molecular weight is 440 g/mol. The maximum absolute atomic E-state index is 12.9. The number of esters is 2. The lowest BCUT2D eigenvalue weighted by molar-refractivity contribution is -0.145. The smallest absolute Gasteiger partial charge is 0.329 e. The summed E-state index contributed by atoms with van der Waals surface area (Å²) in [5.41, 5.74) is 2.40. The Morgan fingerprint density at radius 2 is 1.91 bits per heavy atom. The van der Waals surface area contributed by atoms with E-state index in [-0.39, 0.29) is 17.9 Å². The standard InChI is InChI=1S/C26H33NO5/c1-6-31-24(28)23(27-18-10-8-11-19(16-18)30-5)22-12-7-9-17-15-20(13-14-21(17)22)32-25(29)26(2,3)4/h8,10-11,13-16,22-23,27H,6-7,9,12H2,1-5H3. The van der Waals surface area contributed by atoms with Crippen molar-refractivity contribution in [1.29, 1.82) is 0 Å². The van der Waals surface area contributed by atoms with Crippen LogP contribution in [0.15, 0.2) is 42.5 Å². The molecule has 0 amide bonds. The van der Waals surface area contributed by atoms with Crippen LogP contribution in [0.25, 0.3) is 0 Å². The van der Waals surface area contributed by atoms with Gasteiger partial charge in [-0.3, -0.25) is 4.79 Å². The van der Waals surface area contributed by atoms with Gasteiger partial charge in [-0.2, -0.15) is 0 Å². The van der Waals surface area contributed by atoms with E-state index in [2.05, 4.69) is 5.32 Å². The number of hydrogen-bond acceptors (Lipinski definition) is 6. The van der Waals surface area contributed by atoms with Crippen molar-refractivity contribution >= 4 is 17.6 Å². The minimum absolute atomic E-state index is 0.0589. The fourth-order valence-corrected chi connectivity index (χ4v) is 3.95. The number of methoxy groups -OCH3 is 1. The Morgan fingerprint density at radius 1 is 1.12 bits per heavy atom. The zero-order valence-corrected chi connectivity index (χ0v) is 19.6. The normalized spacial score (nSPS) is 16.5. The maximum atomic E-state index is 12.9. The Bertz CT molecular complexity index is 963. The Balaban J connectivity index is 1.89. The summed E-state index contributed by atoms with van der Waals surface area (Å²) in [5.74, 6) is 0.645. The van der Waals surface area contributed by atoms with Gasteiger partial charge in [-0.05, 0) is 82.3 Å². The van der Waals surface area contributed by atoms with Crippen LogP contribution in [0.2, 0.25) is 0 Å². The molecule has 0 heterocycles. The van der Waals surface area contributed by atoms with Gasteiger partial charge in [0.2, 0.25) is 0 Å². The predicted molar refractivity (Wildman–Crippen MR) is 124 cm³/mol. The molecule has 0 fully saturated rings. The highest BCUT2D eigenvalue weighted by atomic mass is 16.5. The van der Waals surface area contributed by atoms with Gasteiger partial charge in [0.25, 0.3) is 0 Å². The molecule has 2 aromatic rings. The number of rotatable bonds is 7. The second-order valence-electron chi connectivity index (χ2n) is 9.10. The zero-order valence-electron chi connectivity index (χ0n) is 19.6. The van der Waals surface area contributed by atoms with Gasteiger partial charge < -0.3 is 19.5 Å². The molecule has 172 valence electrons. The molecule has 1 aliphatic carbocycles.